The minimum absolute atomic E-state index is 0.712. The van der Waals surface area contributed by atoms with Crippen LogP contribution in [0.3, 0.4) is 0 Å². The molecule has 0 aliphatic carbocycles. The Morgan fingerprint density at radius 3 is 2.62 bits per heavy atom. The van der Waals surface area contributed by atoms with Gasteiger partial charge in [-0.1, -0.05) is 23.8 Å². The van der Waals surface area contributed by atoms with E-state index in [2.05, 4.69) is 34.3 Å². The van der Waals surface area contributed by atoms with Crippen molar-refractivity contribution in [1.29, 1.82) is 0 Å². The van der Waals surface area contributed by atoms with Crippen molar-refractivity contribution in [2.45, 2.75) is 13.5 Å². The number of fused-ring (bicyclic) bond motifs is 1. The van der Waals surface area contributed by atoms with Gasteiger partial charge < -0.3 is 10.1 Å². The summed E-state index contributed by atoms with van der Waals surface area (Å²) >= 11 is 0. The summed E-state index contributed by atoms with van der Waals surface area (Å²) in [6.07, 6.45) is 1.59. The zero-order chi connectivity index (χ0) is 14.7. The summed E-state index contributed by atoms with van der Waals surface area (Å²) in [6, 6.07) is 14.2. The van der Waals surface area contributed by atoms with Crippen LogP contribution in [0.5, 0.6) is 5.75 Å². The van der Waals surface area contributed by atoms with Crippen molar-refractivity contribution in [3.63, 3.8) is 0 Å². The van der Waals surface area contributed by atoms with E-state index in [9.17, 15) is 0 Å². The molecule has 0 bridgehead atoms. The molecule has 0 unspecified atom stereocenters. The monoisotopic (exact) mass is 279 g/mol. The molecule has 0 amide bonds. The van der Waals surface area contributed by atoms with Crippen LogP contribution < -0.4 is 10.1 Å². The number of anilines is 1. The number of nitrogens with zero attached hydrogens (tertiary/aromatic N) is 2. The van der Waals surface area contributed by atoms with Crippen molar-refractivity contribution in [3.05, 3.63) is 59.9 Å². The molecule has 3 aromatic rings. The number of benzene rings is 2. The molecule has 1 aromatic heterocycles. The molecule has 21 heavy (non-hydrogen) atoms. The molecule has 106 valence electrons. The number of methoxy groups -OCH3 is 1. The van der Waals surface area contributed by atoms with Crippen LogP contribution in [0.4, 0.5) is 5.82 Å². The fraction of sp³-hybridized carbons (Fsp3) is 0.176. The number of aryl methyl sites for hydroxylation is 1. The number of rotatable bonds is 4. The van der Waals surface area contributed by atoms with Crippen LogP contribution in [0, 0.1) is 6.92 Å². The minimum atomic E-state index is 0.712. The second-order valence-electron chi connectivity index (χ2n) is 4.94. The summed E-state index contributed by atoms with van der Waals surface area (Å²) in [4.78, 5) is 8.64. The molecular weight excluding hydrogens is 262 g/mol. The molecule has 0 fully saturated rings. The molecule has 0 aliphatic heterocycles. The average molecular weight is 279 g/mol. The fourth-order valence-corrected chi connectivity index (χ4v) is 2.24. The highest BCUT2D eigenvalue weighted by Crippen LogP contribution is 2.21. The maximum absolute atomic E-state index is 5.16. The lowest BCUT2D eigenvalue weighted by Crippen LogP contribution is -2.02. The standard InChI is InChI=1S/C17H17N3O/c1-12-3-8-16-15(9-12)17(20-11-19-16)18-10-13-4-6-14(21-2)7-5-13/h3-9,11H,10H2,1-2H3,(H,18,19,20). The molecule has 3 rings (SSSR count). The SMILES string of the molecule is COc1ccc(CNc2ncnc3ccc(C)cc23)cc1. The number of aromatic nitrogens is 2. The van der Waals surface area contributed by atoms with Gasteiger partial charge >= 0.3 is 0 Å². The Hall–Kier alpha value is -2.62. The van der Waals surface area contributed by atoms with Gasteiger partial charge in [0, 0.05) is 11.9 Å². The van der Waals surface area contributed by atoms with Crippen molar-refractivity contribution in [2.24, 2.45) is 0 Å². The molecule has 0 radical (unpaired) electrons. The summed E-state index contributed by atoms with van der Waals surface area (Å²) in [5.74, 6) is 1.72. The normalized spacial score (nSPS) is 10.6. The molecule has 0 spiro atoms. The molecule has 0 saturated heterocycles. The van der Waals surface area contributed by atoms with Gasteiger partial charge in [-0.05, 0) is 36.8 Å². The summed E-state index contributed by atoms with van der Waals surface area (Å²) < 4.78 is 5.16. The third-order valence-electron chi connectivity index (χ3n) is 3.41. The molecular formula is C17H17N3O. The van der Waals surface area contributed by atoms with Gasteiger partial charge in [0.2, 0.25) is 0 Å². The predicted octanol–water partition coefficient (Wildman–Crippen LogP) is 3.56. The Balaban J connectivity index is 1.82. The van der Waals surface area contributed by atoms with E-state index in [0.29, 0.717) is 6.54 Å². The summed E-state index contributed by atoms with van der Waals surface area (Å²) in [7, 11) is 1.67. The van der Waals surface area contributed by atoms with Crippen LogP contribution in [-0.2, 0) is 6.54 Å². The lowest BCUT2D eigenvalue weighted by atomic mass is 10.1. The molecule has 0 aliphatic rings. The van der Waals surface area contributed by atoms with E-state index in [1.165, 1.54) is 11.1 Å². The summed E-state index contributed by atoms with van der Waals surface area (Å²) in [5, 5.41) is 4.42. The van der Waals surface area contributed by atoms with E-state index in [-0.39, 0.29) is 0 Å². The first kappa shape index (κ1) is 13.4. The summed E-state index contributed by atoms with van der Waals surface area (Å²) in [6.45, 7) is 2.78. The van der Waals surface area contributed by atoms with E-state index >= 15 is 0 Å². The quantitative estimate of drug-likeness (QED) is 0.793. The Morgan fingerprint density at radius 2 is 1.86 bits per heavy atom. The van der Waals surface area contributed by atoms with Gasteiger partial charge in [0.15, 0.2) is 0 Å². The molecule has 0 saturated carbocycles. The first-order valence-electron chi connectivity index (χ1n) is 6.84. The maximum Gasteiger partial charge on any atom is 0.137 e. The second-order valence-corrected chi connectivity index (χ2v) is 4.94. The van der Waals surface area contributed by atoms with E-state index in [0.717, 1.165) is 22.5 Å². The second kappa shape index (κ2) is 5.79. The molecule has 2 aromatic carbocycles. The summed E-state index contributed by atoms with van der Waals surface area (Å²) in [5.41, 5.74) is 3.33. The highest BCUT2D eigenvalue weighted by molar-refractivity contribution is 5.89. The first-order valence-corrected chi connectivity index (χ1v) is 6.84. The van der Waals surface area contributed by atoms with Crippen LogP contribution in [0.25, 0.3) is 10.9 Å². The Bertz CT molecular complexity index is 754. The van der Waals surface area contributed by atoms with E-state index in [4.69, 9.17) is 4.74 Å². The average Bonchev–Trinajstić information content (AvgIpc) is 2.53. The van der Waals surface area contributed by atoms with Gasteiger partial charge in [-0.15, -0.1) is 0 Å². The van der Waals surface area contributed by atoms with E-state index in [1.807, 2.05) is 30.3 Å². The van der Waals surface area contributed by atoms with Crippen molar-refractivity contribution >= 4 is 16.7 Å². The number of hydrogen-bond acceptors (Lipinski definition) is 4. The van der Waals surface area contributed by atoms with Gasteiger partial charge in [-0.2, -0.15) is 0 Å². The van der Waals surface area contributed by atoms with Crippen LogP contribution in [0.15, 0.2) is 48.8 Å². The Morgan fingerprint density at radius 1 is 1.05 bits per heavy atom. The third-order valence-corrected chi connectivity index (χ3v) is 3.41. The first-order chi connectivity index (χ1) is 10.3. The molecule has 1 heterocycles. The Kier molecular flexibility index (Phi) is 3.69. The topological polar surface area (TPSA) is 47.0 Å². The number of hydrogen-bond donors (Lipinski definition) is 1. The maximum atomic E-state index is 5.16. The van der Waals surface area contributed by atoms with Crippen LogP contribution >= 0.6 is 0 Å². The predicted molar refractivity (Wildman–Crippen MR) is 84.6 cm³/mol. The zero-order valence-corrected chi connectivity index (χ0v) is 12.1. The van der Waals surface area contributed by atoms with E-state index in [1.54, 1.807) is 13.4 Å². The van der Waals surface area contributed by atoms with Crippen molar-refractivity contribution < 1.29 is 4.74 Å². The Labute approximate surface area is 123 Å². The molecule has 0 atom stereocenters. The molecule has 4 nitrogen and oxygen atoms in total. The molecule has 4 heteroatoms. The zero-order valence-electron chi connectivity index (χ0n) is 12.1. The lowest BCUT2D eigenvalue weighted by Gasteiger charge is -2.09. The third kappa shape index (κ3) is 2.94. The number of nitrogens with one attached hydrogen (secondary N) is 1. The van der Waals surface area contributed by atoms with Gasteiger partial charge in [0.25, 0.3) is 0 Å². The van der Waals surface area contributed by atoms with Crippen molar-refractivity contribution in [2.75, 3.05) is 12.4 Å². The van der Waals surface area contributed by atoms with E-state index < -0.39 is 0 Å². The van der Waals surface area contributed by atoms with Crippen molar-refractivity contribution in [1.82, 2.24) is 9.97 Å². The minimum Gasteiger partial charge on any atom is -0.497 e. The van der Waals surface area contributed by atoms with Gasteiger partial charge in [0.1, 0.15) is 17.9 Å². The van der Waals surface area contributed by atoms with Gasteiger partial charge in [-0.25, -0.2) is 9.97 Å². The highest BCUT2D eigenvalue weighted by atomic mass is 16.5. The fourth-order valence-electron chi connectivity index (χ4n) is 2.24. The molecule has 1 N–H and O–H groups in total. The van der Waals surface area contributed by atoms with Crippen LogP contribution in [-0.4, -0.2) is 17.1 Å². The highest BCUT2D eigenvalue weighted by Gasteiger charge is 2.03. The lowest BCUT2D eigenvalue weighted by molar-refractivity contribution is 0.414. The van der Waals surface area contributed by atoms with Crippen LogP contribution in [0.1, 0.15) is 11.1 Å². The number of ether oxygens (including phenoxy) is 1. The smallest absolute Gasteiger partial charge is 0.137 e. The van der Waals surface area contributed by atoms with Gasteiger partial charge in [0.05, 0.1) is 12.6 Å². The largest absolute Gasteiger partial charge is 0.497 e. The van der Waals surface area contributed by atoms with Gasteiger partial charge in [-0.3, -0.25) is 0 Å². The van der Waals surface area contributed by atoms with Crippen LogP contribution in [0.2, 0.25) is 0 Å². The van der Waals surface area contributed by atoms with Crippen molar-refractivity contribution in [3.8, 4) is 5.75 Å².